The van der Waals surface area contributed by atoms with Crippen molar-refractivity contribution in [3.8, 4) is 11.1 Å². The number of anilines is 1. The fourth-order valence-corrected chi connectivity index (χ4v) is 3.18. The van der Waals surface area contributed by atoms with E-state index in [9.17, 15) is 8.42 Å². The summed E-state index contributed by atoms with van der Waals surface area (Å²) in [7, 11) is -3.24. The van der Waals surface area contributed by atoms with Gasteiger partial charge in [-0.1, -0.05) is 58.0 Å². The van der Waals surface area contributed by atoms with Gasteiger partial charge in [-0.15, -0.1) is 0 Å². The lowest BCUT2D eigenvalue weighted by atomic mass is 9.89. The molecule has 0 saturated carbocycles. The Hall–Kier alpha value is -1.81. The molecule has 0 fully saturated rings. The molecule has 2 aromatic rings. The molecule has 0 aliphatic heterocycles. The van der Waals surface area contributed by atoms with Crippen molar-refractivity contribution < 1.29 is 8.42 Å². The van der Waals surface area contributed by atoms with E-state index in [-0.39, 0.29) is 0 Å². The summed E-state index contributed by atoms with van der Waals surface area (Å²) in [6.45, 7) is 8.75. The van der Waals surface area contributed by atoms with Gasteiger partial charge in [-0.05, 0) is 46.2 Å². The Labute approximate surface area is 139 Å². The highest BCUT2D eigenvalue weighted by molar-refractivity contribution is 7.92. The molecule has 0 bridgehead atoms. The molecule has 0 aromatic heterocycles. The average Bonchev–Trinajstić information content (AvgIpc) is 2.45. The van der Waals surface area contributed by atoms with Gasteiger partial charge in [-0.2, -0.15) is 0 Å². The van der Waals surface area contributed by atoms with E-state index >= 15 is 0 Å². The van der Waals surface area contributed by atoms with Crippen LogP contribution in [-0.2, 0) is 10.0 Å². The normalized spacial score (nSPS) is 12.0. The maximum Gasteiger partial charge on any atom is 0.229 e. The third kappa shape index (κ3) is 4.58. The number of rotatable bonds is 5. The molecule has 2 rings (SSSR count). The highest BCUT2D eigenvalue weighted by atomic mass is 32.2. The Kier molecular flexibility index (Phi) is 5.15. The first-order chi connectivity index (χ1) is 10.7. The third-order valence-electron chi connectivity index (χ3n) is 3.87. The second kappa shape index (κ2) is 6.75. The Morgan fingerprint density at radius 1 is 0.870 bits per heavy atom. The van der Waals surface area contributed by atoms with Gasteiger partial charge in [0.05, 0.1) is 6.26 Å². The van der Waals surface area contributed by atoms with Crippen LogP contribution < -0.4 is 4.72 Å². The molecule has 0 amide bonds. The molecule has 4 heteroatoms. The van der Waals surface area contributed by atoms with Gasteiger partial charge >= 0.3 is 0 Å². The predicted octanol–water partition coefficient (Wildman–Crippen LogP) is 4.97. The first-order valence-electron chi connectivity index (χ1n) is 7.89. The first kappa shape index (κ1) is 17.5. The molecule has 0 saturated heterocycles. The van der Waals surface area contributed by atoms with Crippen LogP contribution in [-0.4, -0.2) is 14.7 Å². The topological polar surface area (TPSA) is 46.2 Å². The van der Waals surface area contributed by atoms with E-state index in [1.807, 2.05) is 24.3 Å². The van der Waals surface area contributed by atoms with Crippen LogP contribution in [0.4, 0.5) is 5.69 Å². The highest BCUT2D eigenvalue weighted by Gasteiger charge is 2.11. The largest absolute Gasteiger partial charge is 0.284 e. The third-order valence-corrected chi connectivity index (χ3v) is 4.47. The molecule has 0 aliphatic rings. The number of sulfonamides is 1. The van der Waals surface area contributed by atoms with Crippen molar-refractivity contribution in [2.24, 2.45) is 0 Å². The summed E-state index contributed by atoms with van der Waals surface area (Å²) < 4.78 is 25.1. The van der Waals surface area contributed by atoms with Crippen LogP contribution >= 0.6 is 0 Å². The first-order valence-corrected chi connectivity index (χ1v) is 9.78. The van der Waals surface area contributed by atoms with E-state index in [2.05, 4.69) is 50.6 Å². The quantitative estimate of drug-likeness (QED) is 0.840. The van der Waals surface area contributed by atoms with Gasteiger partial charge in [-0.3, -0.25) is 4.72 Å². The van der Waals surface area contributed by atoms with E-state index in [0.717, 1.165) is 11.8 Å². The number of benzene rings is 2. The number of hydrogen-bond acceptors (Lipinski definition) is 2. The Balaban J connectivity index is 2.45. The molecule has 23 heavy (non-hydrogen) atoms. The van der Waals surface area contributed by atoms with Crippen molar-refractivity contribution in [2.75, 3.05) is 11.0 Å². The van der Waals surface area contributed by atoms with Crippen molar-refractivity contribution in [1.29, 1.82) is 0 Å². The second-order valence-electron chi connectivity index (χ2n) is 6.61. The van der Waals surface area contributed by atoms with Crippen molar-refractivity contribution in [1.82, 2.24) is 0 Å². The smallest absolute Gasteiger partial charge is 0.229 e. The maximum atomic E-state index is 11.3. The van der Waals surface area contributed by atoms with E-state index in [1.165, 1.54) is 16.7 Å². The Morgan fingerprint density at radius 2 is 1.48 bits per heavy atom. The summed E-state index contributed by atoms with van der Waals surface area (Å²) in [5.41, 5.74) is 5.52. The minimum Gasteiger partial charge on any atom is -0.284 e. The molecule has 0 heterocycles. The predicted molar refractivity (Wildman–Crippen MR) is 98.5 cm³/mol. The lowest BCUT2D eigenvalue weighted by molar-refractivity contribution is 0.607. The molecule has 0 aliphatic carbocycles. The van der Waals surface area contributed by atoms with Gasteiger partial charge in [0.25, 0.3) is 0 Å². The zero-order valence-corrected chi connectivity index (χ0v) is 15.2. The van der Waals surface area contributed by atoms with Gasteiger partial charge in [0.15, 0.2) is 0 Å². The lowest BCUT2D eigenvalue weighted by Crippen LogP contribution is -2.09. The zero-order valence-electron chi connectivity index (χ0n) is 14.4. The molecule has 2 aromatic carbocycles. The SMILES string of the molecule is CC(C)c1ccc(C(C)C)c(-c2ccc(NS(C)(=O)=O)cc2)c1. The minimum absolute atomic E-state index is 0.431. The molecule has 0 spiro atoms. The molecule has 1 N–H and O–H groups in total. The molecule has 0 atom stereocenters. The van der Waals surface area contributed by atoms with Gasteiger partial charge < -0.3 is 0 Å². The average molecular weight is 331 g/mol. The fraction of sp³-hybridized carbons (Fsp3) is 0.368. The van der Waals surface area contributed by atoms with E-state index in [4.69, 9.17) is 0 Å². The molecule has 0 unspecified atom stereocenters. The fourth-order valence-electron chi connectivity index (χ4n) is 2.62. The monoisotopic (exact) mass is 331 g/mol. The van der Waals surface area contributed by atoms with Crippen molar-refractivity contribution in [3.05, 3.63) is 53.6 Å². The second-order valence-corrected chi connectivity index (χ2v) is 8.36. The molecule has 3 nitrogen and oxygen atoms in total. The van der Waals surface area contributed by atoms with Gasteiger partial charge in [-0.25, -0.2) is 8.42 Å². The Bertz CT molecular complexity index is 776. The van der Waals surface area contributed by atoms with Gasteiger partial charge in [0, 0.05) is 5.69 Å². The van der Waals surface area contributed by atoms with Crippen LogP contribution in [0.1, 0.15) is 50.7 Å². The van der Waals surface area contributed by atoms with Gasteiger partial charge in [0.2, 0.25) is 10.0 Å². The van der Waals surface area contributed by atoms with Crippen LogP contribution in [0.2, 0.25) is 0 Å². The van der Waals surface area contributed by atoms with Crippen LogP contribution in [0.25, 0.3) is 11.1 Å². The summed E-state index contributed by atoms with van der Waals surface area (Å²) >= 11 is 0. The summed E-state index contributed by atoms with van der Waals surface area (Å²) in [6, 6.07) is 14.2. The van der Waals surface area contributed by atoms with E-state index in [0.29, 0.717) is 17.5 Å². The Morgan fingerprint density at radius 3 is 1.96 bits per heavy atom. The van der Waals surface area contributed by atoms with Crippen molar-refractivity contribution >= 4 is 15.7 Å². The highest BCUT2D eigenvalue weighted by Crippen LogP contribution is 2.32. The maximum absolute atomic E-state index is 11.3. The van der Waals surface area contributed by atoms with E-state index < -0.39 is 10.0 Å². The summed E-state index contributed by atoms with van der Waals surface area (Å²) in [4.78, 5) is 0. The van der Waals surface area contributed by atoms with E-state index in [1.54, 1.807) is 0 Å². The van der Waals surface area contributed by atoms with Crippen molar-refractivity contribution in [3.63, 3.8) is 0 Å². The summed E-state index contributed by atoms with van der Waals surface area (Å²) in [5.74, 6) is 0.904. The van der Waals surface area contributed by atoms with Gasteiger partial charge in [0.1, 0.15) is 0 Å². The zero-order chi connectivity index (χ0) is 17.2. The lowest BCUT2D eigenvalue weighted by Gasteiger charge is -2.17. The van der Waals surface area contributed by atoms with Crippen LogP contribution in [0.15, 0.2) is 42.5 Å². The van der Waals surface area contributed by atoms with Crippen LogP contribution in [0, 0.1) is 0 Å². The van der Waals surface area contributed by atoms with Crippen LogP contribution in [0.3, 0.4) is 0 Å². The standard InChI is InChI=1S/C19H25NO2S/c1-13(2)16-8-11-18(14(3)4)19(12-16)15-6-9-17(10-7-15)20-23(5,21)22/h6-14,20H,1-5H3. The molecular formula is C19H25NO2S. The number of hydrogen-bond donors (Lipinski definition) is 1. The van der Waals surface area contributed by atoms with Crippen LogP contribution in [0.5, 0.6) is 0 Å². The molecular weight excluding hydrogens is 306 g/mol. The minimum atomic E-state index is -3.24. The summed E-state index contributed by atoms with van der Waals surface area (Å²) in [6.07, 6.45) is 1.16. The molecule has 0 radical (unpaired) electrons. The number of nitrogens with one attached hydrogen (secondary N) is 1. The summed E-state index contributed by atoms with van der Waals surface area (Å²) in [5, 5.41) is 0. The molecule has 124 valence electrons. The van der Waals surface area contributed by atoms with Crippen molar-refractivity contribution in [2.45, 2.75) is 39.5 Å².